The number of nitrogens with zero attached hydrogens (tertiary/aromatic N) is 3. The Kier molecular flexibility index (Phi) is 6.46. The molecule has 3 aromatic carbocycles. The van der Waals surface area contributed by atoms with E-state index in [-0.39, 0.29) is 17.6 Å². The van der Waals surface area contributed by atoms with E-state index in [9.17, 15) is 14.0 Å². The molecule has 0 saturated heterocycles. The predicted molar refractivity (Wildman–Crippen MR) is 138 cm³/mol. The smallest absolute Gasteiger partial charge is 0.259 e. The minimum atomic E-state index is -0.558. The Hall–Kier alpha value is -3.78. The zero-order chi connectivity index (χ0) is 24.4. The second-order valence-corrected chi connectivity index (χ2v) is 9.42. The molecule has 0 spiro atoms. The van der Waals surface area contributed by atoms with Crippen LogP contribution in [0.2, 0.25) is 0 Å². The number of benzene rings is 3. The van der Waals surface area contributed by atoms with Gasteiger partial charge in [0, 0.05) is 17.7 Å². The van der Waals surface area contributed by atoms with Crippen molar-refractivity contribution in [3.8, 4) is 0 Å². The van der Waals surface area contributed by atoms with Crippen molar-refractivity contribution < 1.29 is 14.0 Å². The van der Waals surface area contributed by atoms with Crippen LogP contribution in [0.5, 0.6) is 0 Å². The summed E-state index contributed by atoms with van der Waals surface area (Å²) in [6.07, 6.45) is 1.00. The number of halogens is 1. The van der Waals surface area contributed by atoms with Crippen LogP contribution in [-0.2, 0) is 16.0 Å². The average Bonchev–Trinajstić information content (AvgIpc) is 3.20. The van der Waals surface area contributed by atoms with Crippen LogP contribution in [0, 0.1) is 5.82 Å². The molecule has 2 amide bonds. The van der Waals surface area contributed by atoms with E-state index in [0.717, 1.165) is 11.1 Å². The molecular weight excluding hydrogens is 463 g/mol. The summed E-state index contributed by atoms with van der Waals surface area (Å²) < 4.78 is 13.2. The Morgan fingerprint density at radius 3 is 2.51 bits per heavy atom. The van der Waals surface area contributed by atoms with Crippen LogP contribution in [0.1, 0.15) is 24.5 Å². The van der Waals surface area contributed by atoms with Crippen molar-refractivity contribution in [1.29, 1.82) is 0 Å². The van der Waals surface area contributed by atoms with E-state index >= 15 is 0 Å². The molecule has 0 aromatic heterocycles. The first-order valence-corrected chi connectivity index (χ1v) is 12.3. The molecule has 2 heterocycles. The van der Waals surface area contributed by atoms with Crippen LogP contribution in [0.15, 0.2) is 88.8 Å². The quantitative estimate of drug-likeness (QED) is 0.522. The molecular formula is C27H23FN4O2S. The van der Waals surface area contributed by atoms with Crippen molar-refractivity contribution in [2.75, 3.05) is 5.32 Å². The highest BCUT2D eigenvalue weighted by molar-refractivity contribution is 8.15. The molecule has 5 rings (SSSR count). The fraction of sp³-hybridized carbons (Fsp3) is 0.185. The lowest BCUT2D eigenvalue weighted by molar-refractivity contribution is -0.124. The molecule has 8 heteroatoms. The molecule has 0 aliphatic carbocycles. The molecule has 2 aliphatic rings. The molecule has 0 saturated carbocycles. The van der Waals surface area contributed by atoms with Crippen molar-refractivity contribution in [3.05, 3.63) is 95.8 Å². The number of hydrogen-bond acceptors (Lipinski definition) is 5. The third-order valence-corrected chi connectivity index (χ3v) is 7.16. The number of nitrogens with one attached hydrogen (secondary N) is 1. The van der Waals surface area contributed by atoms with E-state index < -0.39 is 11.3 Å². The van der Waals surface area contributed by atoms with Gasteiger partial charge in [-0.3, -0.25) is 14.6 Å². The fourth-order valence-electron chi connectivity index (χ4n) is 4.06. The number of hydrogen-bond donors (Lipinski definition) is 1. The van der Waals surface area contributed by atoms with Crippen molar-refractivity contribution in [3.63, 3.8) is 0 Å². The SMILES string of the molecule is CC[C@@H](SC1=Nc2ccccc2C2=N[C@@H](Cc3ccccc3)C(=O)N12)C(=O)Nc1ccc(F)cc1. The van der Waals surface area contributed by atoms with E-state index in [1.807, 2.05) is 61.5 Å². The number of aliphatic imine (C=N–C) groups is 2. The summed E-state index contributed by atoms with van der Waals surface area (Å²) >= 11 is 1.24. The van der Waals surface area contributed by atoms with Gasteiger partial charge in [0.1, 0.15) is 17.7 Å². The zero-order valence-electron chi connectivity index (χ0n) is 19.0. The number of carbonyl (C=O) groups excluding carboxylic acids is 2. The predicted octanol–water partition coefficient (Wildman–Crippen LogP) is 5.18. The highest BCUT2D eigenvalue weighted by Gasteiger charge is 2.42. The Bertz CT molecular complexity index is 1320. The first-order valence-electron chi connectivity index (χ1n) is 11.4. The van der Waals surface area contributed by atoms with E-state index in [0.29, 0.717) is 35.2 Å². The second-order valence-electron chi connectivity index (χ2n) is 8.25. The summed E-state index contributed by atoms with van der Waals surface area (Å²) in [7, 11) is 0. The van der Waals surface area contributed by atoms with Gasteiger partial charge in [-0.05, 0) is 48.4 Å². The molecule has 0 fully saturated rings. The summed E-state index contributed by atoms with van der Waals surface area (Å²) in [5.74, 6) is -0.197. The number of para-hydroxylation sites is 1. The minimum absolute atomic E-state index is 0.154. The number of amidine groups is 2. The normalized spacial score (nSPS) is 17.3. The van der Waals surface area contributed by atoms with Crippen molar-refractivity contribution in [2.45, 2.75) is 31.1 Å². The summed E-state index contributed by atoms with van der Waals surface area (Å²) in [5, 5.41) is 2.75. The van der Waals surface area contributed by atoms with Crippen LogP contribution in [0.3, 0.4) is 0 Å². The van der Waals surface area contributed by atoms with Crippen LogP contribution in [-0.4, -0.2) is 39.0 Å². The minimum Gasteiger partial charge on any atom is -0.325 e. The topological polar surface area (TPSA) is 74.1 Å². The average molecular weight is 487 g/mol. The van der Waals surface area contributed by atoms with Crippen molar-refractivity contribution in [2.24, 2.45) is 9.98 Å². The Labute approximate surface area is 207 Å². The van der Waals surface area contributed by atoms with E-state index in [1.165, 1.54) is 36.0 Å². The van der Waals surface area contributed by atoms with E-state index in [1.54, 1.807) is 4.90 Å². The summed E-state index contributed by atoms with van der Waals surface area (Å²) in [5.41, 5.74) is 3.05. The molecule has 176 valence electrons. The first-order chi connectivity index (χ1) is 17.0. The molecule has 35 heavy (non-hydrogen) atoms. The maximum absolute atomic E-state index is 13.5. The van der Waals surface area contributed by atoms with Gasteiger partial charge in [-0.1, -0.05) is 61.2 Å². The summed E-state index contributed by atoms with van der Waals surface area (Å²) in [6, 6.07) is 22.4. The number of thioether (sulfide) groups is 1. The van der Waals surface area contributed by atoms with Crippen LogP contribution in [0.25, 0.3) is 0 Å². The van der Waals surface area contributed by atoms with Crippen LogP contribution in [0.4, 0.5) is 15.8 Å². The van der Waals surface area contributed by atoms with Gasteiger partial charge in [-0.2, -0.15) is 0 Å². The third-order valence-electron chi connectivity index (χ3n) is 5.84. The van der Waals surface area contributed by atoms with Gasteiger partial charge >= 0.3 is 0 Å². The van der Waals surface area contributed by atoms with Gasteiger partial charge in [0.15, 0.2) is 5.17 Å². The molecule has 3 aromatic rings. The Balaban J connectivity index is 1.42. The number of amides is 2. The molecule has 0 bridgehead atoms. The van der Waals surface area contributed by atoms with Gasteiger partial charge in [-0.25, -0.2) is 14.3 Å². The number of anilines is 1. The van der Waals surface area contributed by atoms with Crippen molar-refractivity contribution in [1.82, 2.24) is 4.90 Å². The second kappa shape index (κ2) is 9.84. The van der Waals surface area contributed by atoms with Crippen molar-refractivity contribution >= 4 is 46.0 Å². The molecule has 0 unspecified atom stereocenters. The summed E-state index contributed by atoms with van der Waals surface area (Å²) in [6.45, 7) is 1.90. The van der Waals surface area contributed by atoms with Gasteiger partial charge in [0.05, 0.1) is 10.9 Å². The Morgan fingerprint density at radius 1 is 1.06 bits per heavy atom. The number of fused-ring (bicyclic) bond motifs is 3. The fourth-order valence-corrected chi connectivity index (χ4v) is 5.08. The van der Waals surface area contributed by atoms with E-state index in [4.69, 9.17) is 9.98 Å². The van der Waals surface area contributed by atoms with Gasteiger partial charge in [0.2, 0.25) is 5.91 Å². The maximum Gasteiger partial charge on any atom is 0.259 e. The highest BCUT2D eigenvalue weighted by atomic mass is 32.2. The lowest BCUT2D eigenvalue weighted by Gasteiger charge is -2.27. The number of carbonyl (C=O) groups is 2. The van der Waals surface area contributed by atoms with Gasteiger partial charge in [-0.15, -0.1) is 0 Å². The maximum atomic E-state index is 13.5. The monoisotopic (exact) mass is 486 g/mol. The molecule has 1 N–H and O–H groups in total. The first kappa shape index (κ1) is 23.0. The number of rotatable bonds is 6. The summed E-state index contributed by atoms with van der Waals surface area (Å²) in [4.78, 5) is 37.6. The van der Waals surface area contributed by atoms with Gasteiger partial charge < -0.3 is 5.32 Å². The zero-order valence-corrected chi connectivity index (χ0v) is 19.8. The van der Waals surface area contributed by atoms with E-state index in [2.05, 4.69) is 5.32 Å². The third kappa shape index (κ3) is 4.74. The molecule has 2 atom stereocenters. The largest absolute Gasteiger partial charge is 0.325 e. The lowest BCUT2D eigenvalue weighted by Crippen LogP contribution is -2.42. The van der Waals surface area contributed by atoms with Crippen LogP contribution >= 0.6 is 11.8 Å². The highest BCUT2D eigenvalue weighted by Crippen LogP contribution is 2.36. The van der Waals surface area contributed by atoms with Crippen LogP contribution < -0.4 is 5.32 Å². The lowest BCUT2D eigenvalue weighted by atomic mass is 10.1. The van der Waals surface area contributed by atoms with Gasteiger partial charge in [0.25, 0.3) is 5.91 Å². The molecule has 0 radical (unpaired) electrons. The molecule has 6 nitrogen and oxygen atoms in total. The Morgan fingerprint density at radius 2 is 1.77 bits per heavy atom. The standard InChI is InChI=1S/C27H23FN4O2S/c1-2-23(25(33)29-19-14-12-18(28)13-15-19)35-27-31-21-11-7-6-10-20(21)24-30-22(26(34)32(24)27)16-17-8-4-3-5-9-17/h3-15,22-23H,2,16H2,1H3,(H,29,33)/t22-,23+/m0/s1. The molecule has 2 aliphatic heterocycles.